The van der Waals surface area contributed by atoms with E-state index < -0.39 is 29.7 Å². The van der Waals surface area contributed by atoms with Gasteiger partial charge in [0.15, 0.2) is 0 Å². The lowest BCUT2D eigenvalue weighted by Crippen LogP contribution is -2.53. The number of benzene rings is 2. The van der Waals surface area contributed by atoms with Gasteiger partial charge >= 0.3 is 6.09 Å². The lowest BCUT2D eigenvalue weighted by molar-refractivity contribution is -0.0473. The van der Waals surface area contributed by atoms with Gasteiger partial charge in [-0.2, -0.15) is 0 Å². The Morgan fingerprint density at radius 3 is 2.32 bits per heavy atom. The van der Waals surface area contributed by atoms with Crippen molar-refractivity contribution in [3.63, 3.8) is 0 Å². The molecule has 0 aromatic heterocycles. The van der Waals surface area contributed by atoms with E-state index in [1.54, 1.807) is 46.1 Å². The monoisotopic (exact) mass is 512 g/mol. The summed E-state index contributed by atoms with van der Waals surface area (Å²) in [5, 5.41) is 15.9. The van der Waals surface area contributed by atoms with Crippen LogP contribution in [-0.2, 0) is 15.9 Å². The first-order valence-electron chi connectivity index (χ1n) is 13.0. The summed E-state index contributed by atoms with van der Waals surface area (Å²) in [6, 6.07) is 13.5. The number of alkyl carbamates (subject to hydrolysis) is 1. The number of hydrogen-bond donors (Lipinski definition) is 3. The van der Waals surface area contributed by atoms with Crippen LogP contribution in [-0.4, -0.2) is 54.6 Å². The fourth-order valence-electron chi connectivity index (χ4n) is 4.43. The first kappa shape index (κ1) is 28.3. The Balaban J connectivity index is 1.83. The van der Waals surface area contributed by atoms with Crippen molar-refractivity contribution in [2.75, 3.05) is 13.7 Å². The van der Waals surface area contributed by atoms with E-state index in [-0.39, 0.29) is 24.0 Å². The molecule has 2 aromatic carbocycles. The minimum Gasteiger partial charge on any atom is -0.507 e. The molecule has 8 heteroatoms. The Hall–Kier alpha value is -3.26. The molecule has 37 heavy (non-hydrogen) atoms. The molecule has 2 aromatic rings. The molecule has 2 amide bonds. The maximum absolute atomic E-state index is 12.9. The van der Waals surface area contributed by atoms with Crippen molar-refractivity contribution >= 4 is 12.0 Å². The Morgan fingerprint density at radius 2 is 1.70 bits per heavy atom. The summed E-state index contributed by atoms with van der Waals surface area (Å²) in [6.07, 6.45) is 4.92. The van der Waals surface area contributed by atoms with Gasteiger partial charge in [-0.1, -0.05) is 43.5 Å². The van der Waals surface area contributed by atoms with E-state index in [9.17, 15) is 14.7 Å². The molecule has 3 N–H and O–H groups in total. The summed E-state index contributed by atoms with van der Waals surface area (Å²) in [7, 11) is 1.62. The van der Waals surface area contributed by atoms with Gasteiger partial charge in [0, 0.05) is 13.0 Å². The van der Waals surface area contributed by atoms with Crippen molar-refractivity contribution < 1.29 is 28.9 Å². The Bertz CT molecular complexity index is 1010. The molecule has 2 atom stereocenters. The minimum absolute atomic E-state index is 0.0776. The smallest absolute Gasteiger partial charge is 0.408 e. The van der Waals surface area contributed by atoms with Crippen molar-refractivity contribution in [1.29, 1.82) is 0 Å². The molecule has 2 unspecified atom stereocenters. The van der Waals surface area contributed by atoms with Gasteiger partial charge in [0.25, 0.3) is 5.91 Å². The number of nitrogens with one attached hydrogen (secondary N) is 2. The second kappa shape index (κ2) is 13.3. The summed E-state index contributed by atoms with van der Waals surface area (Å²) in [5.74, 6) is 0.215. The molecule has 3 rings (SSSR count). The van der Waals surface area contributed by atoms with Crippen LogP contribution in [0.1, 0.15) is 68.8 Å². The van der Waals surface area contributed by atoms with Crippen molar-refractivity contribution in [2.24, 2.45) is 0 Å². The Labute approximate surface area is 219 Å². The van der Waals surface area contributed by atoms with Crippen LogP contribution in [0.25, 0.3) is 0 Å². The molecule has 0 saturated heterocycles. The zero-order chi connectivity index (χ0) is 26.8. The minimum atomic E-state index is -0.677. The number of para-hydroxylation sites is 1. The van der Waals surface area contributed by atoms with Crippen LogP contribution in [0, 0.1) is 0 Å². The van der Waals surface area contributed by atoms with E-state index in [0.29, 0.717) is 6.42 Å². The molecule has 1 saturated carbocycles. The number of phenols is 1. The van der Waals surface area contributed by atoms with Crippen LogP contribution in [0.3, 0.4) is 0 Å². The van der Waals surface area contributed by atoms with Crippen molar-refractivity contribution in [3.05, 3.63) is 59.7 Å². The Kier molecular flexibility index (Phi) is 10.2. The molecule has 1 fully saturated rings. The molecule has 1 aliphatic rings. The van der Waals surface area contributed by atoms with Crippen molar-refractivity contribution in [1.82, 2.24) is 10.6 Å². The van der Waals surface area contributed by atoms with Crippen LogP contribution in [0.4, 0.5) is 4.79 Å². The number of rotatable bonds is 10. The predicted octanol–water partition coefficient (Wildman–Crippen LogP) is 4.98. The third kappa shape index (κ3) is 9.28. The lowest BCUT2D eigenvalue weighted by atomic mass is 9.96. The van der Waals surface area contributed by atoms with Gasteiger partial charge in [-0.05, 0) is 63.4 Å². The van der Waals surface area contributed by atoms with Gasteiger partial charge in [-0.3, -0.25) is 4.79 Å². The number of ether oxygens (including phenoxy) is 3. The average Bonchev–Trinajstić information content (AvgIpc) is 2.86. The maximum Gasteiger partial charge on any atom is 0.408 e. The number of carbonyl (C=O) groups excluding carboxylic acids is 2. The molecular formula is C29H40N2O6. The summed E-state index contributed by atoms with van der Waals surface area (Å²) >= 11 is 0. The fourth-order valence-corrected chi connectivity index (χ4v) is 4.43. The van der Waals surface area contributed by atoms with Crippen LogP contribution in [0.15, 0.2) is 48.5 Å². The number of methoxy groups -OCH3 is 1. The molecule has 0 radical (unpaired) electrons. The molecule has 0 spiro atoms. The van der Waals surface area contributed by atoms with E-state index in [1.165, 1.54) is 12.5 Å². The summed E-state index contributed by atoms with van der Waals surface area (Å²) < 4.78 is 17.4. The van der Waals surface area contributed by atoms with Crippen molar-refractivity contribution in [3.8, 4) is 11.5 Å². The highest BCUT2D eigenvalue weighted by Gasteiger charge is 2.30. The van der Waals surface area contributed by atoms with Gasteiger partial charge in [-0.25, -0.2) is 4.79 Å². The molecule has 202 valence electrons. The van der Waals surface area contributed by atoms with Crippen LogP contribution < -0.4 is 15.4 Å². The van der Waals surface area contributed by atoms with E-state index >= 15 is 0 Å². The second-order valence-corrected chi connectivity index (χ2v) is 10.5. The summed E-state index contributed by atoms with van der Waals surface area (Å²) in [6.45, 7) is 5.50. The summed E-state index contributed by atoms with van der Waals surface area (Å²) in [5.41, 5.74) is 0.506. The third-order valence-corrected chi connectivity index (χ3v) is 6.30. The van der Waals surface area contributed by atoms with Crippen molar-refractivity contribution in [2.45, 2.75) is 83.1 Å². The largest absolute Gasteiger partial charge is 0.507 e. The zero-order valence-electron chi connectivity index (χ0n) is 22.3. The highest BCUT2D eigenvalue weighted by Crippen LogP contribution is 2.24. The van der Waals surface area contributed by atoms with Crippen LogP contribution in [0.2, 0.25) is 0 Å². The molecule has 0 heterocycles. The molecule has 8 nitrogen and oxygen atoms in total. The number of phenolic OH excluding ortho intramolecular Hbond substituents is 1. The maximum atomic E-state index is 12.9. The fraction of sp³-hybridized carbons (Fsp3) is 0.517. The van der Waals surface area contributed by atoms with Gasteiger partial charge in [-0.15, -0.1) is 0 Å². The number of aromatic hydroxyl groups is 1. The summed E-state index contributed by atoms with van der Waals surface area (Å²) in [4.78, 5) is 25.7. The van der Waals surface area contributed by atoms with Gasteiger partial charge in [0.2, 0.25) is 0 Å². The number of carbonyl (C=O) groups is 2. The highest BCUT2D eigenvalue weighted by molar-refractivity contribution is 5.96. The standard InChI is InChI=1S/C29H40N2O6/c1-29(2,3)37-28(34)31-24(19-30-27(33)23-12-8-9-13-25(23)32)26(36-22-10-6-5-7-11-22)18-20-14-16-21(35-4)17-15-20/h8-9,12-17,22,24,26,32H,5-7,10-11,18-19H2,1-4H3,(H,30,33)(H,31,34). The number of hydrogen-bond acceptors (Lipinski definition) is 6. The lowest BCUT2D eigenvalue weighted by Gasteiger charge is -2.34. The zero-order valence-corrected chi connectivity index (χ0v) is 22.3. The second-order valence-electron chi connectivity index (χ2n) is 10.5. The first-order valence-corrected chi connectivity index (χ1v) is 13.0. The van der Waals surface area contributed by atoms with Crippen LogP contribution >= 0.6 is 0 Å². The highest BCUT2D eigenvalue weighted by atomic mass is 16.6. The third-order valence-electron chi connectivity index (χ3n) is 6.30. The van der Waals surface area contributed by atoms with Gasteiger partial charge in [0.05, 0.1) is 30.9 Å². The average molecular weight is 513 g/mol. The Morgan fingerprint density at radius 1 is 1.03 bits per heavy atom. The molecule has 0 bridgehead atoms. The molecular weight excluding hydrogens is 472 g/mol. The quantitative estimate of drug-likeness (QED) is 0.414. The predicted molar refractivity (Wildman–Crippen MR) is 142 cm³/mol. The van der Waals surface area contributed by atoms with Gasteiger partial charge < -0.3 is 30.0 Å². The SMILES string of the molecule is COc1ccc(CC(OC2CCCCC2)C(CNC(=O)c2ccccc2O)NC(=O)OC(C)(C)C)cc1. The van der Waals surface area contributed by atoms with E-state index in [1.807, 2.05) is 24.3 Å². The first-order chi connectivity index (χ1) is 17.6. The van der Waals surface area contributed by atoms with E-state index in [0.717, 1.165) is 37.0 Å². The normalized spacial score (nSPS) is 15.9. The molecule has 1 aliphatic carbocycles. The topological polar surface area (TPSA) is 106 Å². The molecule has 0 aliphatic heterocycles. The van der Waals surface area contributed by atoms with E-state index in [4.69, 9.17) is 14.2 Å². The van der Waals surface area contributed by atoms with Crippen LogP contribution in [0.5, 0.6) is 11.5 Å². The van der Waals surface area contributed by atoms with Gasteiger partial charge in [0.1, 0.15) is 17.1 Å². The van der Waals surface area contributed by atoms with E-state index in [2.05, 4.69) is 10.6 Å². The number of amides is 2.